The third-order valence-electron chi connectivity index (χ3n) is 3.54. The monoisotopic (exact) mass is 410 g/mol. The first-order valence-electron chi connectivity index (χ1n) is 8.99. The van der Waals surface area contributed by atoms with Crippen molar-refractivity contribution < 1.29 is 27.9 Å². The van der Waals surface area contributed by atoms with E-state index in [-0.39, 0.29) is 12.2 Å². The molecule has 0 bridgehead atoms. The van der Waals surface area contributed by atoms with Crippen molar-refractivity contribution in [1.82, 2.24) is 0 Å². The topological polar surface area (TPSA) is 66.4 Å². The number of aliphatic hydroxyl groups is 1. The Labute approximate surface area is 156 Å². The summed E-state index contributed by atoms with van der Waals surface area (Å²) in [6, 6.07) is 0. The zero-order valence-corrected chi connectivity index (χ0v) is 20.6. The van der Waals surface area contributed by atoms with Crippen LogP contribution in [0.3, 0.4) is 0 Å². The van der Waals surface area contributed by atoms with E-state index in [0.717, 1.165) is 0 Å². The first-order valence-corrected chi connectivity index (χ1v) is 19.2. The van der Waals surface area contributed by atoms with E-state index in [1.807, 2.05) is 0 Å². The summed E-state index contributed by atoms with van der Waals surface area (Å²) in [5.74, 6) is 0. The highest BCUT2D eigenvalue weighted by Crippen LogP contribution is 2.31. The third kappa shape index (κ3) is 8.31. The van der Waals surface area contributed by atoms with E-state index in [0.29, 0.717) is 6.61 Å². The van der Waals surface area contributed by atoms with E-state index in [4.69, 9.17) is 22.8 Å². The minimum Gasteiger partial charge on any atom is -0.415 e. The molecule has 0 aliphatic carbocycles. The predicted octanol–water partition coefficient (Wildman–Crippen LogP) is 3.01. The Morgan fingerprint density at radius 2 is 1.24 bits per heavy atom. The predicted molar refractivity (Wildman–Crippen MR) is 107 cm³/mol. The lowest BCUT2D eigenvalue weighted by Gasteiger charge is -2.47. The van der Waals surface area contributed by atoms with Crippen LogP contribution in [0.1, 0.15) is 0 Å². The van der Waals surface area contributed by atoms with Crippen LogP contribution in [-0.2, 0) is 22.8 Å². The largest absolute Gasteiger partial charge is 0.415 e. The molecule has 0 aromatic heterocycles. The van der Waals surface area contributed by atoms with Gasteiger partial charge in [-0.05, 0) is 58.9 Å². The van der Waals surface area contributed by atoms with Crippen molar-refractivity contribution >= 4 is 25.0 Å². The Bertz CT molecular complexity index is 416. The molecule has 25 heavy (non-hydrogen) atoms. The minimum atomic E-state index is -1.89. The number of methoxy groups -OCH3 is 1. The standard InChI is InChI=1S/C16H38O6Si3/c1-18-14-13(21-24(5,6)7)12(11-19-23(2,3)4)20-16(17)15(14)22-25(8,9)10/h12-17H,11H2,1-10H3. The Morgan fingerprint density at radius 3 is 1.64 bits per heavy atom. The first kappa shape index (κ1) is 23.5. The second-order valence-electron chi connectivity index (χ2n) is 9.58. The molecule has 1 heterocycles. The highest BCUT2D eigenvalue weighted by Gasteiger charge is 2.49. The van der Waals surface area contributed by atoms with Crippen molar-refractivity contribution in [3.8, 4) is 0 Å². The highest BCUT2D eigenvalue weighted by molar-refractivity contribution is 6.70. The average molecular weight is 411 g/mol. The van der Waals surface area contributed by atoms with Crippen LogP contribution in [0.4, 0.5) is 0 Å². The summed E-state index contributed by atoms with van der Waals surface area (Å²) in [5.41, 5.74) is 0. The summed E-state index contributed by atoms with van der Waals surface area (Å²) in [6.45, 7) is 19.4. The van der Waals surface area contributed by atoms with Gasteiger partial charge < -0.3 is 27.9 Å². The SMILES string of the molecule is COC1C(O[Si](C)(C)C)C(O)OC(CO[Si](C)(C)C)C1O[Si](C)(C)C. The van der Waals surface area contributed by atoms with Gasteiger partial charge in [-0.15, -0.1) is 0 Å². The van der Waals surface area contributed by atoms with E-state index in [9.17, 15) is 5.11 Å². The average Bonchev–Trinajstić information content (AvgIpc) is 2.37. The Morgan fingerprint density at radius 1 is 0.760 bits per heavy atom. The van der Waals surface area contributed by atoms with E-state index in [1.54, 1.807) is 7.11 Å². The van der Waals surface area contributed by atoms with Crippen LogP contribution in [-0.4, -0.2) is 74.5 Å². The molecule has 1 rings (SSSR count). The second-order valence-corrected chi connectivity index (χ2v) is 23.0. The molecule has 5 atom stereocenters. The Kier molecular flexibility index (Phi) is 8.08. The van der Waals surface area contributed by atoms with Crippen LogP contribution >= 0.6 is 0 Å². The van der Waals surface area contributed by atoms with Crippen molar-refractivity contribution in [3.63, 3.8) is 0 Å². The van der Waals surface area contributed by atoms with Gasteiger partial charge in [-0.25, -0.2) is 0 Å². The molecule has 1 fully saturated rings. The normalized spacial score (nSPS) is 32.0. The molecule has 0 aromatic rings. The van der Waals surface area contributed by atoms with Crippen LogP contribution in [0.15, 0.2) is 0 Å². The van der Waals surface area contributed by atoms with Crippen LogP contribution in [0.5, 0.6) is 0 Å². The number of hydrogen-bond acceptors (Lipinski definition) is 6. The molecule has 1 aliphatic rings. The van der Waals surface area contributed by atoms with Gasteiger partial charge in [0.25, 0.3) is 0 Å². The van der Waals surface area contributed by atoms with Gasteiger partial charge in [0.05, 0.1) is 6.61 Å². The van der Waals surface area contributed by atoms with E-state index < -0.39 is 43.5 Å². The quantitative estimate of drug-likeness (QED) is 0.621. The van der Waals surface area contributed by atoms with Crippen LogP contribution in [0.2, 0.25) is 58.9 Å². The van der Waals surface area contributed by atoms with Crippen molar-refractivity contribution in [1.29, 1.82) is 0 Å². The van der Waals surface area contributed by atoms with Gasteiger partial charge in [0.2, 0.25) is 0 Å². The molecule has 0 saturated carbocycles. The number of rotatable bonds is 8. The van der Waals surface area contributed by atoms with E-state index in [2.05, 4.69) is 58.9 Å². The van der Waals surface area contributed by atoms with Gasteiger partial charge in [0, 0.05) is 7.11 Å². The maximum absolute atomic E-state index is 10.6. The summed E-state index contributed by atoms with van der Waals surface area (Å²) in [4.78, 5) is 0. The molecule has 1 saturated heterocycles. The zero-order chi connectivity index (χ0) is 19.6. The van der Waals surface area contributed by atoms with Gasteiger partial charge in [-0.3, -0.25) is 0 Å². The van der Waals surface area contributed by atoms with Crippen molar-refractivity contribution in [2.24, 2.45) is 0 Å². The summed E-state index contributed by atoms with van der Waals surface area (Å²) in [7, 11) is -3.82. The Balaban J connectivity index is 3.06. The lowest BCUT2D eigenvalue weighted by molar-refractivity contribution is -0.282. The summed E-state index contributed by atoms with van der Waals surface area (Å²) in [5, 5.41) is 10.6. The van der Waals surface area contributed by atoms with Crippen LogP contribution < -0.4 is 0 Å². The molecule has 1 N–H and O–H groups in total. The fourth-order valence-electron chi connectivity index (χ4n) is 2.71. The van der Waals surface area contributed by atoms with Crippen molar-refractivity contribution in [3.05, 3.63) is 0 Å². The maximum atomic E-state index is 10.6. The van der Waals surface area contributed by atoms with Gasteiger partial charge in [0.15, 0.2) is 31.2 Å². The van der Waals surface area contributed by atoms with Crippen LogP contribution in [0, 0.1) is 0 Å². The first-order chi connectivity index (χ1) is 11.1. The van der Waals surface area contributed by atoms with Gasteiger partial charge in [-0.1, -0.05) is 0 Å². The molecule has 0 amide bonds. The molecule has 5 unspecified atom stereocenters. The van der Waals surface area contributed by atoms with Crippen molar-refractivity contribution in [2.75, 3.05) is 13.7 Å². The van der Waals surface area contributed by atoms with Gasteiger partial charge >= 0.3 is 0 Å². The Hall–Kier alpha value is 0.411. The van der Waals surface area contributed by atoms with Crippen LogP contribution in [0.25, 0.3) is 0 Å². The number of ether oxygens (including phenoxy) is 2. The molecule has 9 heteroatoms. The lowest BCUT2D eigenvalue weighted by atomic mass is 9.99. The zero-order valence-electron chi connectivity index (χ0n) is 17.6. The van der Waals surface area contributed by atoms with Gasteiger partial charge in [0.1, 0.15) is 24.4 Å². The molecule has 0 aromatic carbocycles. The van der Waals surface area contributed by atoms with Crippen molar-refractivity contribution in [2.45, 2.75) is 89.6 Å². The molecule has 1 aliphatic heterocycles. The molecular formula is C16H38O6Si3. The third-order valence-corrected chi connectivity index (χ3v) is 6.53. The molecule has 0 spiro atoms. The molecule has 0 radical (unpaired) electrons. The molecular weight excluding hydrogens is 372 g/mol. The molecule has 150 valence electrons. The number of aliphatic hydroxyl groups excluding tert-OH is 1. The summed E-state index contributed by atoms with van der Waals surface area (Å²) in [6.07, 6.45) is -2.69. The smallest absolute Gasteiger partial charge is 0.184 e. The lowest BCUT2D eigenvalue weighted by Crippen LogP contribution is -2.64. The van der Waals surface area contributed by atoms with E-state index in [1.165, 1.54) is 0 Å². The summed E-state index contributed by atoms with van der Waals surface area (Å²) >= 11 is 0. The van der Waals surface area contributed by atoms with E-state index >= 15 is 0 Å². The highest BCUT2D eigenvalue weighted by atomic mass is 28.4. The summed E-state index contributed by atoms with van der Waals surface area (Å²) < 4.78 is 30.3. The number of hydrogen-bond donors (Lipinski definition) is 1. The van der Waals surface area contributed by atoms with Gasteiger partial charge in [-0.2, -0.15) is 0 Å². The minimum absolute atomic E-state index is 0.322. The second kappa shape index (κ2) is 8.61. The fourth-order valence-corrected chi connectivity index (χ4v) is 5.55. The fraction of sp³-hybridized carbons (Fsp3) is 1.00. The molecule has 6 nitrogen and oxygen atoms in total. The maximum Gasteiger partial charge on any atom is 0.184 e.